The Hall–Kier alpha value is -2.06. The highest BCUT2D eigenvalue weighted by atomic mass is 32.2. The van der Waals surface area contributed by atoms with E-state index in [0.717, 1.165) is 31.6 Å². The van der Waals surface area contributed by atoms with Gasteiger partial charge in [0.2, 0.25) is 0 Å². The molecule has 142 valence electrons. The zero-order chi connectivity index (χ0) is 18.9. The van der Waals surface area contributed by atoms with Crippen LogP contribution in [0.15, 0.2) is 29.2 Å². The van der Waals surface area contributed by atoms with E-state index < -0.39 is 10.0 Å². The third-order valence-electron chi connectivity index (χ3n) is 4.91. The van der Waals surface area contributed by atoms with Crippen molar-refractivity contribution in [3.63, 3.8) is 0 Å². The van der Waals surface area contributed by atoms with Gasteiger partial charge in [0.25, 0.3) is 10.0 Å². The first-order chi connectivity index (χ1) is 12.3. The zero-order valence-electron chi connectivity index (χ0n) is 15.7. The van der Waals surface area contributed by atoms with Crippen LogP contribution in [0, 0.1) is 13.8 Å². The van der Waals surface area contributed by atoms with Gasteiger partial charge in [0, 0.05) is 38.6 Å². The molecule has 0 spiro atoms. The van der Waals surface area contributed by atoms with E-state index in [-0.39, 0.29) is 11.0 Å². The molecule has 0 saturated carbocycles. The number of nitrogens with zero attached hydrogens (tertiary/aromatic N) is 3. The van der Waals surface area contributed by atoms with Crippen LogP contribution in [0.2, 0.25) is 0 Å². The Balaban J connectivity index is 1.77. The minimum absolute atomic E-state index is 0.239. The Morgan fingerprint density at radius 2 is 1.92 bits per heavy atom. The molecule has 1 saturated heterocycles. The van der Waals surface area contributed by atoms with Crippen LogP contribution < -0.4 is 9.62 Å². The molecule has 2 heterocycles. The molecule has 1 aliphatic rings. The highest BCUT2D eigenvalue weighted by Gasteiger charge is 2.24. The number of anilines is 2. The second-order valence-corrected chi connectivity index (χ2v) is 8.34. The van der Waals surface area contributed by atoms with Crippen molar-refractivity contribution in [1.82, 2.24) is 9.78 Å². The lowest BCUT2D eigenvalue weighted by Gasteiger charge is -2.33. The van der Waals surface area contributed by atoms with E-state index in [2.05, 4.69) is 14.7 Å². The fourth-order valence-corrected chi connectivity index (χ4v) is 4.95. The number of ether oxygens (including phenoxy) is 1. The molecule has 26 heavy (non-hydrogen) atoms. The summed E-state index contributed by atoms with van der Waals surface area (Å²) in [6.45, 7) is 5.29. The molecular weight excluding hydrogens is 352 g/mol. The van der Waals surface area contributed by atoms with Crippen LogP contribution in [0.3, 0.4) is 0 Å². The average Bonchev–Trinajstić information content (AvgIpc) is 2.88. The topological polar surface area (TPSA) is 76.5 Å². The number of aromatic nitrogens is 2. The summed E-state index contributed by atoms with van der Waals surface area (Å²) in [6.07, 6.45) is 2.42. The summed E-state index contributed by atoms with van der Waals surface area (Å²) < 4.78 is 35.2. The van der Waals surface area contributed by atoms with Crippen LogP contribution >= 0.6 is 0 Å². The number of aryl methyl sites for hydroxylation is 2. The van der Waals surface area contributed by atoms with Crippen molar-refractivity contribution in [3.05, 3.63) is 35.7 Å². The third kappa shape index (κ3) is 3.71. The maximum atomic E-state index is 12.7. The second kappa shape index (κ2) is 7.28. The van der Waals surface area contributed by atoms with Crippen molar-refractivity contribution >= 4 is 21.4 Å². The van der Waals surface area contributed by atoms with Crippen molar-refractivity contribution in [2.24, 2.45) is 7.05 Å². The van der Waals surface area contributed by atoms with E-state index in [0.29, 0.717) is 17.1 Å². The first-order valence-corrected chi connectivity index (χ1v) is 10.2. The van der Waals surface area contributed by atoms with Crippen molar-refractivity contribution in [2.75, 3.05) is 29.8 Å². The molecule has 0 bridgehead atoms. The summed E-state index contributed by atoms with van der Waals surface area (Å²) in [5.74, 6) is 0. The largest absolute Gasteiger partial charge is 0.380 e. The first kappa shape index (κ1) is 18.7. The molecule has 3 rings (SSSR count). The van der Waals surface area contributed by atoms with Gasteiger partial charge in [-0.1, -0.05) is 0 Å². The summed E-state index contributed by atoms with van der Waals surface area (Å²) in [6, 6.07) is 7.48. The minimum atomic E-state index is -3.67. The average molecular weight is 378 g/mol. The molecule has 0 radical (unpaired) electrons. The fraction of sp³-hybridized carbons (Fsp3) is 0.500. The van der Waals surface area contributed by atoms with Crippen molar-refractivity contribution in [2.45, 2.75) is 37.7 Å². The molecule has 1 fully saturated rings. The number of sulfonamides is 1. The Morgan fingerprint density at radius 3 is 2.50 bits per heavy atom. The lowest BCUT2D eigenvalue weighted by molar-refractivity contribution is 0.0893. The molecule has 2 aromatic rings. The fourth-order valence-electron chi connectivity index (χ4n) is 3.45. The van der Waals surface area contributed by atoms with Crippen LogP contribution in [0.5, 0.6) is 0 Å². The van der Waals surface area contributed by atoms with Gasteiger partial charge in [0.15, 0.2) is 0 Å². The Bertz CT molecular complexity index is 875. The Labute approximate surface area is 155 Å². The van der Waals surface area contributed by atoms with Crippen LogP contribution in [-0.4, -0.2) is 44.5 Å². The van der Waals surface area contributed by atoms with Gasteiger partial charge in [-0.05, 0) is 51.0 Å². The number of nitrogens with one attached hydrogen (secondary N) is 1. The van der Waals surface area contributed by atoms with E-state index in [1.165, 1.54) is 0 Å². The highest BCUT2D eigenvalue weighted by Crippen LogP contribution is 2.25. The molecule has 0 amide bonds. The Morgan fingerprint density at radius 1 is 1.23 bits per heavy atom. The lowest BCUT2D eigenvalue weighted by Crippen LogP contribution is -2.39. The second-order valence-electron chi connectivity index (χ2n) is 6.72. The van der Waals surface area contributed by atoms with Gasteiger partial charge in [-0.3, -0.25) is 9.40 Å². The molecule has 1 aromatic heterocycles. The van der Waals surface area contributed by atoms with E-state index in [1.54, 1.807) is 44.8 Å². The summed E-state index contributed by atoms with van der Waals surface area (Å²) in [7, 11) is -0.189. The number of benzene rings is 1. The van der Waals surface area contributed by atoms with Crippen LogP contribution in [0.25, 0.3) is 0 Å². The van der Waals surface area contributed by atoms with Gasteiger partial charge in [-0.15, -0.1) is 0 Å². The van der Waals surface area contributed by atoms with Gasteiger partial charge in [0.1, 0.15) is 4.90 Å². The molecule has 1 aliphatic heterocycles. The summed E-state index contributed by atoms with van der Waals surface area (Å²) in [5, 5.41) is 4.19. The van der Waals surface area contributed by atoms with Crippen LogP contribution in [-0.2, 0) is 21.8 Å². The van der Waals surface area contributed by atoms with Gasteiger partial charge < -0.3 is 9.64 Å². The smallest absolute Gasteiger partial charge is 0.265 e. The SMILES string of the molecule is COC1CCCN(c2ccc(NS(=O)(=O)c3c(C)nn(C)c3C)cc2)C1. The third-order valence-corrected chi connectivity index (χ3v) is 6.54. The molecule has 1 atom stereocenters. The predicted molar refractivity (Wildman–Crippen MR) is 102 cm³/mol. The summed E-state index contributed by atoms with van der Waals surface area (Å²) >= 11 is 0. The van der Waals surface area contributed by atoms with E-state index >= 15 is 0 Å². The van der Waals surface area contributed by atoms with Gasteiger partial charge in [0.05, 0.1) is 17.5 Å². The normalized spacial score (nSPS) is 18.2. The van der Waals surface area contributed by atoms with Crippen molar-refractivity contribution in [3.8, 4) is 0 Å². The minimum Gasteiger partial charge on any atom is -0.380 e. The number of piperidine rings is 1. The lowest BCUT2D eigenvalue weighted by atomic mass is 10.1. The summed E-state index contributed by atoms with van der Waals surface area (Å²) in [4.78, 5) is 2.51. The molecule has 0 aliphatic carbocycles. The number of methoxy groups -OCH3 is 1. The monoisotopic (exact) mass is 378 g/mol. The van der Waals surface area contributed by atoms with E-state index in [4.69, 9.17) is 4.74 Å². The van der Waals surface area contributed by atoms with Crippen LogP contribution in [0.4, 0.5) is 11.4 Å². The number of hydrogen-bond acceptors (Lipinski definition) is 5. The van der Waals surface area contributed by atoms with Gasteiger partial charge in [-0.25, -0.2) is 8.42 Å². The maximum absolute atomic E-state index is 12.7. The van der Waals surface area contributed by atoms with E-state index in [1.807, 2.05) is 12.1 Å². The molecule has 7 nitrogen and oxygen atoms in total. The van der Waals surface area contributed by atoms with Gasteiger partial charge >= 0.3 is 0 Å². The molecule has 1 N–H and O–H groups in total. The number of hydrogen-bond donors (Lipinski definition) is 1. The maximum Gasteiger partial charge on any atom is 0.265 e. The zero-order valence-corrected chi connectivity index (χ0v) is 16.5. The van der Waals surface area contributed by atoms with Crippen molar-refractivity contribution in [1.29, 1.82) is 0 Å². The highest BCUT2D eigenvalue weighted by molar-refractivity contribution is 7.92. The predicted octanol–water partition coefficient (Wildman–Crippen LogP) is 2.45. The molecular formula is C18H26N4O3S. The van der Waals surface area contributed by atoms with Crippen LogP contribution in [0.1, 0.15) is 24.2 Å². The Kier molecular flexibility index (Phi) is 5.24. The quantitative estimate of drug-likeness (QED) is 0.865. The molecule has 8 heteroatoms. The standard InChI is InChI=1S/C18H26N4O3S/c1-13-18(14(2)21(3)19-13)26(23,24)20-15-7-9-16(10-8-15)22-11-5-6-17(12-22)25-4/h7-10,17,20H,5-6,11-12H2,1-4H3. The summed E-state index contributed by atoms with van der Waals surface area (Å²) in [5.41, 5.74) is 2.72. The van der Waals surface area contributed by atoms with Crippen molar-refractivity contribution < 1.29 is 13.2 Å². The molecule has 1 unspecified atom stereocenters. The first-order valence-electron chi connectivity index (χ1n) is 8.72. The van der Waals surface area contributed by atoms with Gasteiger partial charge in [-0.2, -0.15) is 5.10 Å². The van der Waals surface area contributed by atoms with E-state index in [9.17, 15) is 8.42 Å². The molecule has 1 aromatic carbocycles. The number of rotatable bonds is 5.